The van der Waals surface area contributed by atoms with Crippen LogP contribution in [-0.4, -0.2) is 49.5 Å². The lowest BCUT2D eigenvalue weighted by Crippen LogP contribution is -2.45. The molecule has 3 aliphatic heterocycles. The summed E-state index contributed by atoms with van der Waals surface area (Å²) in [5.74, 6) is 0. The van der Waals surface area contributed by atoms with Crippen molar-refractivity contribution in [1.82, 2.24) is 0 Å². The molecule has 3 saturated heterocycles. The molecule has 3 heterocycles. The van der Waals surface area contributed by atoms with Crippen molar-refractivity contribution in [2.45, 2.75) is 22.7 Å². The van der Waals surface area contributed by atoms with E-state index in [1.165, 1.54) is 0 Å². The molecule has 5 heteroatoms. The first-order valence-corrected chi connectivity index (χ1v) is 5.43. The summed E-state index contributed by atoms with van der Waals surface area (Å²) in [6.07, 6.45) is 0.431. The third kappa shape index (κ3) is 1.39. The van der Waals surface area contributed by atoms with Crippen LogP contribution in [0.1, 0.15) is 0 Å². The van der Waals surface area contributed by atoms with Gasteiger partial charge in [0.15, 0.2) is 0 Å². The lowest BCUT2D eigenvalue weighted by Gasteiger charge is -2.31. The summed E-state index contributed by atoms with van der Waals surface area (Å²) in [6.45, 7) is 2.39. The van der Waals surface area contributed by atoms with Crippen molar-refractivity contribution in [2.75, 3.05) is 26.8 Å². The summed E-state index contributed by atoms with van der Waals surface area (Å²) in [6, 6.07) is 0. The molecule has 0 aromatic heterocycles. The summed E-state index contributed by atoms with van der Waals surface area (Å²) >= 11 is 1.88. The highest BCUT2D eigenvalue weighted by molar-refractivity contribution is 8.01. The maximum atomic E-state index is 5.55. The van der Waals surface area contributed by atoms with E-state index in [0.29, 0.717) is 24.1 Å². The van der Waals surface area contributed by atoms with Gasteiger partial charge in [-0.25, -0.2) is 0 Å². The number of thioether (sulfide) groups is 1. The van der Waals surface area contributed by atoms with Gasteiger partial charge in [-0.2, -0.15) is 0 Å². The van der Waals surface area contributed by atoms with Crippen LogP contribution in [0.3, 0.4) is 0 Å². The Labute approximate surface area is 80.9 Å². The van der Waals surface area contributed by atoms with E-state index in [0.717, 1.165) is 13.2 Å². The molecule has 13 heavy (non-hydrogen) atoms. The predicted molar refractivity (Wildman–Crippen MR) is 46.6 cm³/mol. The van der Waals surface area contributed by atoms with Crippen LogP contribution >= 0.6 is 11.8 Å². The molecule has 0 unspecified atom stereocenters. The van der Waals surface area contributed by atoms with Gasteiger partial charge in [0.05, 0.1) is 23.7 Å². The first-order chi connectivity index (χ1) is 6.45. The quantitative estimate of drug-likeness (QED) is 0.564. The number of hydrogen-bond acceptors (Lipinski definition) is 5. The van der Waals surface area contributed by atoms with Gasteiger partial charge in [-0.15, -0.1) is 11.8 Å². The van der Waals surface area contributed by atoms with Gasteiger partial charge in [0.1, 0.15) is 25.8 Å². The third-order valence-electron chi connectivity index (χ3n) is 2.66. The lowest BCUT2D eigenvalue weighted by atomic mass is 10.1. The van der Waals surface area contributed by atoms with Crippen LogP contribution in [0.15, 0.2) is 0 Å². The highest BCUT2D eigenvalue weighted by Crippen LogP contribution is 2.41. The van der Waals surface area contributed by atoms with Crippen molar-refractivity contribution in [3.8, 4) is 0 Å². The summed E-state index contributed by atoms with van der Waals surface area (Å²) < 4.78 is 21.6. The molecule has 0 aromatic rings. The Bertz CT molecular complexity index is 181. The fraction of sp³-hybridized carbons (Fsp3) is 1.00. The van der Waals surface area contributed by atoms with E-state index in [9.17, 15) is 0 Å². The Hall–Kier alpha value is 0.190. The van der Waals surface area contributed by atoms with Crippen molar-refractivity contribution in [1.29, 1.82) is 0 Å². The highest BCUT2D eigenvalue weighted by Gasteiger charge is 2.48. The van der Waals surface area contributed by atoms with E-state index in [1.54, 1.807) is 0 Å². The maximum Gasteiger partial charge on any atom is 0.147 e. The molecular weight excluding hydrogens is 192 g/mol. The molecule has 0 aliphatic carbocycles. The Kier molecular flexibility index (Phi) is 2.22. The first-order valence-electron chi connectivity index (χ1n) is 4.49. The highest BCUT2D eigenvalue weighted by atomic mass is 32.2. The average Bonchev–Trinajstić information content (AvgIpc) is 2.56. The monoisotopic (exact) mass is 204 g/mol. The molecule has 0 amide bonds. The van der Waals surface area contributed by atoms with Gasteiger partial charge in [0.2, 0.25) is 0 Å². The van der Waals surface area contributed by atoms with Gasteiger partial charge in [0, 0.05) is 0 Å². The molecule has 3 fully saturated rings. The van der Waals surface area contributed by atoms with Gasteiger partial charge >= 0.3 is 0 Å². The van der Waals surface area contributed by atoms with Crippen LogP contribution in [0.2, 0.25) is 0 Å². The molecular formula is C8H12O4S. The molecule has 3 rings (SSSR count). The van der Waals surface area contributed by atoms with Crippen molar-refractivity contribution in [2.24, 2.45) is 0 Å². The standard InChI is InChI=1S/C8H12O4S/c1-5-7(11-3-9-1)8-6(13-5)2-10-4-12-8/h5-8H,1-4H2/t5-,6-,7+,8+/m0/s1. The second-order valence-electron chi connectivity index (χ2n) is 3.45. The van der Waals surface area contributed by atoms with Crippen molar-refractivity contribution < 1.29 is 18.9 Å². The Morgan fingerprint density at radius 1 is 0.846 bits per heavy atom. The molecule has 4 atom stereocenters. The third-order valence-corrected chi connectivity index (χ3v) is 4.17. The van der Waals surface area contributed by atoms with Gasteiger partial charge < -0.3 is 18.9 Å². The van der Waals surface area contributed by atoms with Gasteiger partial charge in [-0.3, -0.25) is 0 Å². The van der Waals surface area contributed by atoms with Crippen LogP contribution < -0.4 is 0 Å². The van der Waals surface area contributed by atoms with E-state index in [2.05, 4.69) is 0 Å². The number of ether oxygens (including phenoxy) is 4. The molecule has 0 N–H and O–H groups in total. The molecule has 0 bridgehead atoms. The number of rotatable bonds is 0. The SMILES string of the molecule is C1OC[C@@H]2S[C@H]3COCO[C@H]3[C@@H]2O1. The van der Waals surface area contributed by atoms with Crippen LogP contribution in [-0.2, 0) is 18.9 Å². The van der Waals surface area contributed by atoms with Gasteiger partial charge in [0.25, 0.3) is 0 Å². The fourth-order valence-corrected chi connectivity index (χ4v) is 3.63. The smallest absolute Gasteiger partial charge is 0.147 e. The van der Waals surface area contributed by atoms with Crippen LogP contribution in [0.5, 0.6) is 0 Å². The molecule has 4 nitrogen and oxygen atoms in total. The van der Waals surface area contributed by atoms with Crippen molar-refractivity contribution >= 4 is 11.8 Å². The van der Waals surface area contributed by atoms with E-state index in [1.807, 2.05) is 11.8 Å². The zero-order chi connectivity index (χ0) is 8.67. The Balaban J connectivity index is 1.76. The fourth-order valence-electron chi connectivity index (χ4n) is 2.06. The van der Waals surface area contributed by atoms with E-state index in [4.69, 9.17) is 18.9 Å². The zero-order valence-corrected chi connectivity index (χ0v) is 8.00. The molecule has 0 saturated carbocycles. The average molecular weight is 204 g/mol. The number of hydrogen-bond donors (Lipinski definition) is 0. The van der Waals surface area contributed by atoms with Crippen molar-refractivity contribution in [3.63, 3.8) is 0 Å². The summed E-state index contributed by atoms with van der Waals surface area (Å²) in [5.41, 5.74) is 0. The van der Waals surface area contributed by atoms with E-state index >= 15 is 0 Å². The topological polar surface area (TPSA) is 36.9 Å². The van der Waals surface area contributed by atoms with Gasteiger partial charge in [-0.05, 0) is 0 Å². The van der Waals surface area contributed by atoms with Gasteiger partial charge in [-0.1, -0.05) is 0 Å². The Morgan fingerprint density at radius 2 is 1.38 bits per heavy atom. The molecule has 0 radical (unpaired) electrons. The number of fused-ring (bicyclic) bond motifs is 3. The van der Waals surface area contributed by atoms with E-state index < -0.39 is 0 Å². The van der Waals surface area contributed by atoms with E-state index in [-0.39, 0.29) is 12.2 Å². The minimum Gasteiger partial charge on any atom is -0.354 e. The Morgan fingerprint density at radius 3 is 1.92 bits per heavy atom. The summed E-state index contributed by atoms with van der Waals surface area (Å²) in [7, 11) is 0. The van der Waals surface area contributed by atoms with Crippen LogP contribution in [0.4, 0.5) is 0 Å². The minimum atomic E-state index is 0.215. The summed E-state index contributed by atoms with van der Waals surface area (Å²) in [4.78, 5) is 0. The van der Waals surface area contributed by atoms with Crippen molar-refractivity contribution in [3.05, 3.63) is 0 Å². The van der Waals surface area contributed by atoms with Crippen LogP contribution in [0, 0.1) is 0 Å². The second-order valence-corrected chi connectivity index (χ2v) is 4.94. The lowest BCUT2D eigenvalue weighted by molar-refractivity contribution is -0.208. The normalized spacial score (nSPS) is 49.8. The molecule has 0 aromatic carbocycles. The largest absolute Gasteiger partial charge is 0.354 e. The first kappa shape index (κ1) is 8.49. The predicted octanol–water partition coefficient (Wildman–Crippen LogP) is 0.216. The molecule has 0 spiro atoms. The molecule has 74 valence electrons. The summed E-state index contributed by atoms with van der Waals surface area (Å²) in [5, 5.41) is 0.871. The maximum absolute atomic E-state index is 5.55. The van der Waals surface area contributed by atoms with Crippen LogP contribution in [0.25, 0.3) is 0 Å². The second kappa shape index (κ2) is 3.40. The minimum absolute atomic E-state index is 0.215. The molecule has 3 aliphatic rings. The zero-order valence-electron chi connectivity index (χ0n) is 7.18.